The second-order valence-corrected chi connectivity index (χ2v) is 2.75. The monoisotopic (exact) mass is 144 g/mol. The highest BCUT2D eigenvalue weighted by molar-refractivity contribution is 4.64. The van der Waals surface area contributed by atoms with Gasteiger partial charge in [0.1, 0.15) is 0 Å². The van der Waals surface area contributed by atoms with Crippen molar-refractivity contribution >= 4 is 0 Å². The van der Waals surface area contributed by atoms with Gasteiger partial charge in [0.25, 0.3) is 0 Å². The summed E-state index contributed by atoms with van der Waals surface area (Å²) in [6, 6.07) is 0.557. The molecule has 3 N–H and O–H groups in total. The number of rotatable bonds is 0. The molecule has 4 nitrogen and oxygen atoms in total. The highest BCUT2D eigenvalue weighted by Crippen LogP contribution is 1.81. The first-order chi connectivity index (χ1) is 4.79. The third-order valence-corrected chi connectivity index (χ3v) is 1.60. The quantitative estimate of drug-likeness (QED) is 0.404. The number of hydrogen-bond donors (Lipinski definition) is 3. The lowest BCUT2D eigenvalue weighted by atomic mass is 10.3. The lowest BCUT2D eigenvalue weighted by Gasteiger charge is -2.25. The highest BCUT2D eigenvalue weighted by atomic mass is 15.5. The van der Waals surface area contributed by atoms with E-state index in [2.05, 4.69) is 23.0 Å². The first-order valence-electron chi connectivity index (χ1n) is 3.68. The summed E-state index contributed by atoms with van der Waals surface area (Å²) in [4.78, 5) is 0. The van der Waals surface area contributed by atoms with Crippen molar-refractivity contribution in [2.45, 2.75) is 13.0 Å². The molecular formula is C6H16N4. The normalized spacial score (nSPS) is 31.2. The minimum atomic E-state index is 0.557. The van der Waals surface area contributed by atoms with Crippen molar-refractivity contribution in [2.75, 3.05) is 26.9 Å². The minimum absolute atomic E-state index is 0.557. The van der Waals surface area contributed by atoms with Crippen LogP contribution in [0.1, 0.15) is 6.92 Å². The number of hydrazine groups is 1. The van der Waals surface area contributed by atoms with Gasteiger partial charge < -0.3 is 5.32 Å². The third kappa shape index (κ3) is 2.62. The van der Waals surface area contributed by atoms with Gasteiger partial charge in [-0.25, -0.2) is 10.4 Å². The Bertz CT molecular complexity index is 75.7. The summed E-state index contributed by atoms with van der Waals surface area (Å²) in [5.41, 5.74) is 3.17. The van der Waals surface area contributed by atoms with Crippen LogP contribution in [0.25, 0.3) is 0 Å². The maximum Gasteiger partial charge on any atom is 0.0618 e. The predicted molar refractivity (Wildman–Crippen MR) is 41.2 cm³/mol. The molecule has 1 aliphatic heterocycles. The molecule has 0 bridgehead atoms. The minimum Gasteiger partial charge on any atom is -0.302 e. The second kappa shape index (κ2) is 3.88. The van der Waals surface area contributed by atoms with Gasteiger partial charge in [0.05, 0.1) is 13.3 Å². The topological polar surface area (TPSA) is 39.3 Å². The van der Waals surface area contributed by atoms with Crippen LogP contribution in [0.5, 0.6) is 0 Å². The van der Waals surface area contributed by atoms with Gasteiger partial charge in [-0.05, 0) is 6.92 Å². The smallest absolute Gasteiger partial charge is 0.0618 e. The van der Waals surface area contributed by atoms with Crippen molar-refractivity contribution < 1.29 is 0 Å². The van der Waals surface area contributed by atoms with Crippen LogP contribution in [0.3, 0.4) is 0 Å². The standard InChI is InChI=1S/C6H16N4/c1-6-3-7-5-10(2)9-4-8-6/h6-9H,3-5H2,1-2H3. The van der Waals surface area contributed by atoms with Crippen LogP contribution in [0.2, 0.25) is 0 Å². The van der Waals surface area contributed by atoms with Crippen LogP contribution in [0.4, 0.5) is 0 Å². The zero-order chi connectivity index (χ0) is 7.40. The molecule has 1 saturated heterocycles. The predicted octanol–water partition coefficient (Wildman–Crippen LogP) is -1.08. The van der Waals surface area contributed by atoms with Gasteiger partial charge in [-0.1, -0.05) is 0 Å². The van der Waals surface area contributed by atoms with Crippen LogP contribution in [-0.4, -0.2) is 38.0 Å². The Morgan fingerprint density at radius 3 is 3.10 bits per heavy atom. The maximum atomic E-state index is 3.30. The van der Waals surface area contributed by atoms with E-state index in [1.54, 1.807) is 0 Å². The van der Waals surface area contributed by atoms with Crippen molar-refractivity contribution in [3.63, 3.8) is 0 Å². The Kier molecular flexibility index (Phi) is 3.08. The lowest BCUT2D eigenvalue weighted by Crippen LogP contribution is -2.53. The van der Waals surface area contributed by atoms with Crippen LogP contribution < -0.4 is 16.1 Å². The Balaban J connectivity index is 2.21. The van der Waals surface area contributed by atoms with Crippen LogP contribution >= 0.6 is 0 Å². The Morgan fingerprint density at radius 2 is 2.30 bits per heavy atom. The lowest BCUT2D eigenvalue weighted by molar-refractivity contribution is 0.185. The fourth-order valence-electron chi connectivity index (χ4n) is 0.932. The van der Waals surface area contributed by atoms with E-state index in [0.717, 1.165) is 19.9 Å². The van der Waals surface area contributed by atoms with Gasteiger partial charge >= 0.3 is 0 Å². The van der Waals surface area contributed by atoms with E-state index in [1.807, 2.05) is 12.1 Å². The Labute approximate surface area is 61.9 Å². The van der Waals surface area contributed by atoms with E-state index >= 15 is 0 Å². The molecule has 1 atom stereocenters. The maximum absolute atomic E-state index is 3.30. The van der Waals surface area contributed by atoms with Crippen molar-refractivity contribution in [3.05, 3.63) is 0 Å². The van der Waals surface area contributed by atoms with E-state index < -0.39 is 0 Å². The van der Waals surface area contributed by atoms with E-state index in [9.17, 15) is 0 Å². The van der Waals surface area contributed by atoms with Crippen molar-refractivity contribution in [2.24, 2.45) is 0 Å². The molecule has 0 aromatic carbocycles. The summed E-state index contributed by atoms with van der Waals surface area (Å²) >= 11 is 0. The van der Waals surface area contributed by atoms with Crippen molar-refractivity contribution in [1.82, 2.24) is 21.1 Å². The molecule has 0 aromatic heterocycles. The average molecular weight is 144 g/mol. The van der Waals surface area contributed by atoms with Gasteiger partial charge in [0.15, 0.2) is 0 Å². The molecule has 0 aliphatic carbocycles. The molecular weight excluding hydrogens is 128 g/mol. The summed E-state index contributed by atoms with van der Waals surface area (Å²) in [7, 11) is 2.02. The van der Waals surface area contributed by atoms with Crippen LogP contribution in [-0.2, 0) is 0 Å². The first kappa shape index (κ1) is 7.94. The summed E-state index contributed by atoms with van der Waals surface area (Å²) in [5, 5.41) is 8.61. The molecule has 1 unspecified atom stereocenters. The summed E-state index contributed by atoms with van der Waals surface area (Å²) in [6.45, 7) is 4.97. The van der Waals surface area contributed by atoms with Gasteiger partial charge in [-0.2, -0.15) is 0 Å². The molecule has 4 heteroatoms. The first-order valence-corrected chi connectivity index (χ1v) is 3.68. The number of nitrogens with zero attached hydrogens (tertiary/aromatic N) is 1. The molecule has 10 heavy (non-hydrogen) atoms. The Hall–Kier alpha value is -0.160. The van der Waals surface area contributed by atoms with E-state index in [0.29, 0.717) is 6.04 Å². The van der Waals surface area contributed by atoms with Crippen molar-refractivity contribution in [1.29, 1.82) is 0 Å². The van der Waals surface area contributed by atoms with Crippen molar-refractivity contribution in [3.8, 4) is 0 Å². The van der Waals surface area contributed by atoms with Crippen LogP contribution in [0.15, 0.2) is 0 Å². The molecule has 0 amide bonds. The molecule has 1 rings (SSSR count). The molecule has 0 spiro atoms. The van der Waals surface area contributed by atoms with Crippen LogP contribution in [0, 0.1) is 0 Å². The fourth-order valence-corrected chi connectivity index (χ4v) is 0.932. The van der Waals surface area contributed by atoms with E-state index in [4.69, 9.17) is 0 Å². The van der Waals surface area contributed by atoms with E-state index in [-0.39, 0.29) is 0 Å². The summed E-state index contributed by atoms with van der Waals surface area (Å²) < 4.78 is 0. The molecule has 0 aromatic rings. The number of nitrogens with one attached hydrogen (secondary N) is 3. The second-order valence-electron chi connectivity index (χ2n) is 2.75. The van der Waals surface area contributed by atoms with Gasteiger partial charge in [0.2, 0.25) is 0 Å². The summed E-state index contributed by atoms with van der Waals surface area (Å²) in [5.74, 6) is 0. The molecule has 1 aliphatic rings. The Morgan fingerprint density at radius 1 is 1.50 bits per heavy atom. The summed E-state index contributed by atoms with van der Waals surface area (Å²) in [6.07, 6.45) is 0. The molecule has 1 fully saturated rings. The molecule has 60 valence electrons. The SMILES string of the molecule is CC1CNCN(C)NCN1. The fraction of sp³-hybridized carbons (Fsp3) is 1.00. The molecule has 0 saturated carbocycles. The largest absolute Gasteiger partial charge is 0.302 e. The average Bonchev–Trinajstić information content (AvgIpc) is 1.84. The molecule has 0 radical (unpaired) electrons. The highest BCUT2D eigenvalue weighted by Gasteiger charge is 2.04. The van der Waals surface area contributed by atoms with Gasteiger partial charge in [0, 0.05) is 19.6 Å². The van der Waals surface area contributed by atoms with E-state index in [1.165, 1.54) is 0 Å². The molecule has 1 heterocycles. The zero-order valence-corrected chi connectivity index (χ0v) is 6.65. The van der Waals surface area contributed by atoms with Gasteiger partial charge in [-0.3, -0.25) is 5.32 Å². The zero-order valence-electron chi connectivity index (χ0n) is 6.65. The third-order valence-electron chi connectivity index (χ3n) is 1.60. The van der Waals surface area contributed by atoms with Gasteiger partial charge in [-0.15, -0.1) is 0 Å². The number of hydrogen-bond acceptors (Lipinski definition) is 4.